The van der Waals surface area contributed by atoms with Gasteiger partial charge in [0.05, 0.1) is 12.9 Å². The Hall–Kier alpha value is -2.47. The number of hydrogen-bond acceptors (Lipinski definition) is 4. The molecule has 6 heteroatoms. The Balaban J connectivity index is 1.27. The van der Waals surface area contributed by atoms with Crippen molar-refractivity contribution < 1.29 is 0 Å². The van der Waals surface area contributed by atoms with Crippen LogP contribution in [0.1, 0.15) is 60.4 Å². The van der Waals surface area contributed by atoms with Crippen molar-refractivity contribution in [1.82, 2.24) is 29.2 Å². The largest absolute Gasteiger partial charge is 0.330 e. The Morgan fingerprint density at radius 2 is 1.89 bits per heavy atom. The smallest absolute Gasteiger partial charge is 0.153 e. The maximum absolute atomic E-state index is 4.66. The Morgan fingerprint density at radius 3 is 2.61 bits per heavy atom. The van der Waals surface area contributed by atoms with Crippen molar-refractivity contribution in [2.45, 2.75) is 57.7 Å². The van der Waals surface area contributed by atoms with E-state index in [-0.39, 0.29) is 0 Å². The molecule has 0 unspecified atom stereocenters. The number of rotatable bonds is 6. The topological polar surface area (TPSA) is 51.8 Å². The van der Waals surface area contributed by atoms with E-state index in [1.807, 2.05) is 18.7 Å². The molecule has 1 aliphatic heterocycles. The second-order valence-corrected chi connectivity index (χ2v) is 8.35. The van der Waals surface area contributed by atoms with Crippen molar-refractivity contribution in [2.75, 3.05) is 13.1 Å². The van der Waals surface area contributed by atoms with Gasteiger partial charge in [0.25, 0.3) is 0 Å². The highest BCUT2D eigenvalue weighted by Gasteiger charge is 2.33. The van der Waals surface area contributed by atoms with Crippen LogP contribution in [0.3, 0.4) is 0 Å². The average Bonchev–Trinajstić information content (AvgIpc) is 3.24. The molecule has 1 saturated carbocycles. The van der Waals surface area contributed by atoms with E-state index < -0.39 is 0 Å². The summed E-state index contributed by atoms with van der Waals surface area (Å²) in [6.07, 6.45) is 10.5. The summed E-state index contributed by atoms with van der Waals surface area (Å²) < 4.78 is 4.53. The standard InChI is InChI=1S/C22H28N6/c1-17-3-2-4-18(13-17)14-26-10-7-19(8-11-26)22-25-24-21(28(22)20-5-6-20)15-27-12-9-23-16-27/h2-4,9,12-13,16,19-20H,5-8,10-11,14-15H2,1H3. The van der Waals surface area contributed by atoms with Crippen molar-refractivity contribution >= 4 is 0 Å². The van der Waals surface area contributed by atoms with E-state index in [2.05, 4.69) is 60.4 Å². The molecule has 0 atom stereocenters. The van der Waals surface area contributed by atoms with Gasteiger partial charge in [0, 0.05) is 30.9 Å². The number of likely N-dealkylation sites (tertiary alicyclic amines) is 1. The molecular weight excluding hydrogens is 348 g/mol. The normalized spacial score (nSPS) is 18.6. The Bertz CT molecular complexity index is 916. The molecule has 0 spiro atoms. The lowest BCUT2D eigenvalue weighted by Gasteiger charge is -2.31. The summed E-state index contributed by atoms with van der Waals surface area (Å²) in [5, 5.41) is 9.24. The van der Waals surface area contributed by atoms with E-state index in [1.165, 1.54) is 42.6 Å². The lowest BCUT2D eigenvalue weighted by molar-refractivity contribution is 0.200. The molecule has 28 heavy (non-hydrogen) atoms. The molecule has 1 aliphatic carbocycles. The van der Waals surface area contributed by atoms with Crippen molar-refractivity contribution in [3.05, 3.63) is 65.8 Å². The van der Waals surface area contributed by atoms with Gasteiger partial charge in [0.2, 0.25) is 0 Å². The number of benzene rings is 1. The van der Waals surface area contributed by atoms with Gasteiger partial charge in [-0.3, -0.25) is 4.90 Å². The molecule has 1 aromatic carbocycles. The fraction of sp³-hybridized carbons (Fsp3) is 0.500. The van der Waals surface area contributed by atoms with E-state index in [0.717, 1.165) is 32.0 Å². The molecule has 5 rings (SSSR count). The van der Waals surface area contributed by atoms with Crippen LogP contribution in [0, 0.1) is 6.92 Å². The zero-order valence-electron chi connectivity index (χ0n) is 16.5. The summed E-state index contributed by atoms with van der Waals surface area (Å²) in [6, 6.07) is 9.48. The Morgan fingerprint density at radius 1 is 1.04 bits per heavy atom. The van der Waals surface area contributed by atoms with Crippen LogP contribution < -0.4 is 0 Å². The van der Waals surface area contributed by atoms with E-state index >= 15 is 0 Å². The number of nitrogens with zero attached hydrogens (tertiary/aromatic N) is 6. The summed E-state index contributed by atoms with van der Waals surface area (Å²) >= 11 is 0. The molecule has 2 aliphatic rings. The van der Waals surface area contributed by atoms with Gasteiger partial charge in [-0.2, -0.15) is 0 Å². The lowest BCUT2D eigenvalue weighted by atomic mass is 9.95. The maximum atomic E-state index is 4.66. The van der Waals surface area contributed by atoms with Crippen molar-refractivity contribution in [3.63, 3.8) is 0 Å². The number of aryl methyl sites for hydroxylation is 1. The van der Waals surface area contributed by atoms with Crippen LogP contribution in [-0.2, 0) is 13.1 Å². The van der Waals surface area contributed by atoms with E-state index in [9.17, 15) is 0 Å². The van der Waals surface area contributed by atoms with E-state index in [1.54, 1.807) is 0 Å². The maximum Gasteiger partial charge on any atom is 0.153 e. The van der Waals surface area contributed by atoms with E-state index in [4.69, 9.17) is 0 Å². The third-order valence-corrected chi connectivity index (χ3v) is 6.03. The van der Waals surface area contributed by atoms with Gasteiger partial charge in [-0.1, -0.05) is 29.8 Å². The number of hydrogen-bond donors (Lipinski definition) is 0. The average molecular weight is 377 g/mol. The molecule has 3 aromatic rings. The van der Waals surface area contributed by atoms with E-state index in [0.29, 0.717) is 12.0 Å². The van der Waals surface area contributed by atoms with Crippen LogP contribution >= 0.6 is 0 Å². The van der Waals surface area contributed by atoms with Crippen LogP contribution in [-0.4, -0.2) is 42.3 Å². The summed E-state index contributed by atoms with van der Waals surface area (Å²) in [6.45, 7) is 6.24. The molecule has 0 N–H and O–H groups in total. The zero-order chi connectivity index (χ0) is 18.9. The highest BCUT2D eigenvalue weighted by molar-refractivity contribution is 5.22. The number of aromatic nitrogens is 5. The monoisotopic (exact) mass is 376 g/mol. The molecule has 0 bridgehead atoms. The third kappa shape index (κ3) is 3.74. The van der Waals surface area contributed by atoms with Gasteiger partial charge in [0.1, 0.15) is 5.82 Å². The Kier molecular flexibility index (Phi) is 4.72. The molecular formula is C22H28N6. The fourth-order valence-electron chi connectivity index (χ4n) is 4.42. The fourth-order valence-corrected chi connectivity index (χ4v) is 4.42. The first-order valence-corrected chi connectivity index (χ1v) is 10.4. The minimum absolute atomic E-state index is 0.526. The van der Waals surface area contributed by atoms with Gasteiger partial charge in [-0.05, 0) is 51.3 Å². The van der Waals surface area contributed by atoms with Crippen LogP contribution in [0.15, 0.2) is 43.0 Å². The highest BCUT2D eigenvalue weighted by Crippen LogP contribution is 2.40. The quantitative estimate of drug-likeness (QED) is 0.660. The first kappa shape index (κ1) is 17.6. The van der Waals surface area contributed by atoms with Gasteiger partial charge >= 0.3 is 0 Å². The predicted molar refractivity (Wildman–Crippen MR) is 108 cm³/mol. The highest BCUT2D eigenvalue weighted by atomic mass is 15.3. The van der Waals surface area contributed by atoms with Crippen LogP contribution in [0.5, 0.6) is 0 Å². The molecule has 0 radical (unpaired) electrons. The van der Waals surface area contributed by atoms with Gasteiger partial charge in [-0.15, -0.1) is 10.2 Å². The minimum Gasteiger partial charge on any atom is -0.330 e. The SMILES string of the molecule is Cc1cccc(CN2CCC(c3nnc(Cn4ccnc4)n3C3CC3)CC2)c1. The van der Waals surface area contributed by atoms with Gasteiger partial charge in [0.15, 0.2) is 5.82 Å². The molecule has 6 nitrogen and oxygen atoms in total. The molecule has 146 valence electrons. The first-order chi connectivity index (χ1) is 13.8. The summed E-state index contributed by atoms with van der Waals surface area (Å²) in [7, 11) is 0. The molecule has 2 fully saturated rings. The van der Waals surface area contributed by atoms with Gasteiger partial charge < -0.3 is 9.13 Å². The van der Waals surface area contributed by atoms with Crippen LogP contribution in [0.2, 0.25) is 0 Å². The lowest BCUT2D eigenvalue weighted by Crippen LogP contribution is -2.33. The van der Waals surface area contributed by atoms with Crippen molar-refractivity contribution in [3.8, 4) is 0 Å². The summed E-state index contributed by atoms with van der Waals surface area (Å²) in [5.41, 5.74) is 2.76. The van der Waals surface area contributed by atoms with Gasteiger partial charge in [-0.25, -0.2) is 4.98 Å². The number of imidazole rings is 1. The Labute approximate surface area is 166 Å². The first-order valence-electron chi connectivity index (χ1n) is 10.4. The van der Waals surface area contributed by atoms with Crippen molar-refractivity contribution in [2.24, 2.45) is 0 Å². The van der Waals surface area contributed by atoms with Crippen LogP contribution in [0.25, 0.3) is 0 Å². The number of piperidine rings is 1. The second-order valence-electron chi connectivity index (χ2n) is 8.35. The molecule has 0 amide bonds. The summed E-state index contributed by atoms with van der Waals surface area (Å²) in [5.74, 6) is 2.82. The van der Waals surface area contributed by atoms with Crippen molar-refractivity contribution in [1.29, 1.82) is 0 Å². The predicted octanol–water partition coefficient (Wildman–Crippen LogP) is 3.55. The zero-order valence-corrected chi connectivity index (χ0v) is 16.5. The third-order valence-electron chi connectivity index (χ3n) is 6.03. The van der Waals surface area contributed by atoms with Crippen LogP contribution in [0.4, 0.5) is 0 Å². The minimum atomic E-state index is 0.526. The summed E-state index contributed by atoms with van der Waals surface area (Å²) in [4.78, 5) is 6.73. The second kappa shape index (κ2) is 7.51. The molecule has 2 aromatic heterocycles. The molecule has 3 heterocycles. The molecule has 1 saturated heterocycles.